The molecule has 0 atom stereocenters. The summed E-state index contributed by atoms with van der Waals surface area (Å²) < 4.78 is 26.8. The average molecular weight is 358 g/mol. The number of rotatable bonds is 5. The Balaban J connectivity index is 1.93. The molecule has 2 rings (SSSR count). The fourth-order valence-electron chi connectivity index (χ4n) is 2.52. The van der Waals surface area contributed by atoms with Gasteiger partial charge in [-0.05, 0) is 37.3 Å². The van der Waals surface area contributed by atoms with Gasteiger partial charge in [0.15, 0.2) is 0 Å². The van der Waals surface area contributed by atoms with Crippen molar-refractivity contribution in [2.24, 2.45) is 5.92 Å². The first kappa shape index (κ1) is 18.3. The van der Waals surface area contributed by atoms with Crippen LogP contribution in [0.3, 0.4) is 0 Å². The molecule has 0 radical (unpaired) electrons. The van der Waals surface area contributed by atoms with Crippen LogP contribution in [0.4, 0.5) is 5.69 Å². The van der Waals surface area contributed by atoms with Gasteiger partial charge >= 0.3 is 0 Å². The Bertz CT molecular complexity index is 654. The highest BCUT2D eigenvalue weighted by molar-refractivity contribution is 7.98. The van der Waals surface area contributed by atoms with Crippen LogP contribution in [0, 0.1) is 5.92 Å². The molecule has 0 saturated carbocycles. The standard InChI is InChI=1S/C15H23N3O3S2/c1-17(2)23(20,21)18-9-7-12(8-10-18)15(19)16-13-5-4-6-14(11-13)22-3/h4-6,11-12H,7-10H2,1-3H3,(H,16,19). The zero-order valence-corrected chi connectivity index (χ0v) is 15.3. The molecule has 1 N–H and O–H groups in total. The summed E-state index contributed by atoms with van der Waals surface area (Å²) in [5.74, 6) is -0.188. The molecule has 0 unspecified atom stereocenters. The molecular formula is C15H23N3O3S2. The van der Waals surface area contributed by atoms with E-state index in [9.17, 15) is 13.2 Å². The van der Waals surface area contributed by atoms with Gasteiger partial charge in [0.05, 0.1) is 0 Å². The van der Waals surface area contributed by atoms with Gasteiger partial charge in [-0.25, -0.2) is 0 Å². The maximum atomic E-state index is 12.4. The van der Waals surface area contributed by atoms with Crippen LogP contribution in [0.2, 0.25) is 0 Å². The average Bonchev–Trinajstić information content (AvgIpc) is 2.55. The minimum atomic E-state index is -3.38. The van der Waals surface area contributed by atoms with Crippen LogP contribution in [0.25, 0.3) is 0 Å². The van der Waals surface area contributed by atoms with Gasteiger partial charge in [-0.15, -0.1) is 11.8 Å². The highest BCUT2D eigenvalue weighted by Gasteiger charge is 2.32. The van der Waals surface area contributed by atoms with Crippen molar-refractivity contribution in [2.75, 3.05) is 38.8 Å². The van der Waals surface area contributed by atoms with E-state index in [1.165, 1.54) is 22.7 Å². The van der Waals surface area contributed by atoms with E-state index in [-0.39, 0.29) is 11.8 Å². The fourth-order valence-corrected chi connectivity index (χ4v) is 4.12. The monoisotopic (exact) mass is 357 g/mol. The van der Waals surface area contributed by atoms with E-state index in [1.807, 2.05) is 30.5 Å². The quantitative estimate of drug-likeness (QED) is 0.817. The van der Waals surface area contributed by atoms with Gasteiger partial charge in [0.2, 0.25) is 5.91 Å². The summed E-state index contributed by atoms with van der Waals surface area (Å²) in [6.45, 7) is 0.757. The summed E-state index contributed by atoms with van der Waals surface area (Å²) in [4.78, 5) is 13.5. The molecule has 1 amide bonds. The Hall–Kier alpha value is -1.09. The molecule has 6 nitrogen and oxygen atoms in total. The van der Waals surface area contributed by atoms with Crippen LogP contribution in [-0.4, -0.2) is 56.4 Å². The van der Waals surface area contributed by atoms with E-state index < -0.39 is 10.2 Å². The molecule has 0 bridgehead atoms. The Morgan fingerprint density at radius 1 is 1.30 bits per heavy atom. The topological polar surface area (TPSA) is 69.7 Å². The van der Waals surface area contributed by atoms with Crippen molar-refractivity contribution in [1.29, 1.82) is 0 Å². The number of hydrogen-bond acceptors (Lipinski definition) is 4. The van der Waals surface area contributed by atoms with Crippen molar-refractivity contribution >= 4 is 33.6 Å². The van der Waals surface area contributed by atoms with Crippen molar-refractivity contribution < 1.29 is 13.2 Å². The summed E-state index contributed by atoms with van der Waals surface area (Å²) in [5.41, 5.74) is 0.783. The first-order chi connectivity index (χ1) is 10.8. The first-order valence-electron chi connectivity index (χ1n) is 7.47. The van der Waals surface area contributed by atoms with Crippen molar-refractivity contribution in [3.63, 3.8) is 0 Å². The second-order valence-corrected chi connectivity index (χ2v) is 8.71. The third kappa shape index (κ3) is 4.47. The van der Waals surface area contributed by atoms with Crippen LogP contribution in [0.15, 0.2) is 29.2 Å². The number of amides is 1. The predicted molar refractivity (Wildman–Crippen MR) is 93.8 cm³/mol. The normalized spacial score (nSPS) is 17.4. The van der Waals surface area contributed by atoms with Crippen LogP contribution < -0.4 is 5.32 Å². The first-order valence-corrected chi connectivity index (χ1v) is 10.1. The fraction of sp³-hybridized carbons (Fsp3) is 0.533. The Kier molecular flexibility index (Phi) is 6.07. The van der Waals surface area contributed by atoms with E-state index in [1.54, 1.807) is 11.8 Å². The van der Waals surface area contributed by atoms with Crippen molar-refractivity contribution in [1.82, 2.24) is 8.61 Å². The molecule has 0 aliphatic carbocycles. The lowest BCUT2D eigenvalue weighted by Gasteiger charge is -2.32. The molecular weight excluding hydrogens is 334 g/mol. The summed E-state index contributed by atoms with van der Waals surface area (Å²) in [7, 11) is -0.343. The molecule has 1 fully saturated rings. The van der Waals surface area contributed by atoms with E-state index >= 15 is 0 Å². The highest BCUT2D eigenvalue weighted by atomic mass is 32.2. The Morgan fingerprint density at radius 3 is 2.52 bits per heavy atom. The molecule has 1 aliphatic heterocycles. The molecule has 1 aromatic carbocycles. The van der Waals surface area contributed by atoms with Gasteiger partial charge in [0, 0.05) is 43.7 Å². The summed E-state index contributed by atoms with van der Waals surface area (Å²) in [5, 5.41) is 2.93. The van der Waals surface area contributed by atoms with E-state index in [0.29, 0.717) is 25.9 Å². The molecule has 23 heavy (non-hydrogen) atoms. The van der Waals surface area contributed by atoms with E-state index in [2.05, 4.69) is 5.32 Å². The van der Waals surface area contributed by atoms with Crippen LogP contribution in [0.5, 0.6) is 0 Å². The zero-order valence-electron chi connectivity index (χ0n) is 13.7. The number of nitrogens with one attached hydrogen (secondary N) is 1. The smallest absolute Gasteiger partial charge is 0.281 e. The molecule has 8 heteroatoms. The van der Waals surface area contributed by atoms with Crippen LogP contribution in [-0.2, 0) is 15.0 Å². The van der Waals surface area contributed by atoms with E-state index in [0.717, 1.165) is 10.6 Å². The summed E-state index contributed by atoms with van der Waals surface area (Å²) >= 11 is 1.62. The minimum absolute atomic E-state index is 0.0369. The number of carbonyl (C=O) groups is 1. The molecule has 1 aliphatic rings. The minimum Gasteiger partial charge on any atom is -0.326 e. The Morgan fingerprint density at radius 2 is 1.96 bits per heavy atom. The van der Waals surface area contributed by atoms with Crippen LogP contribution >= 0.6 is 11.8 Å². The van der Waals surface area contributed by atoms with Gasteiger partial charge in [-0.1, -0.05) is 6.07 Å². The zero-order chi connectivity index (χ0) is 17.0. The predicted octanol–water partition coefficient (Wildman–Crippen LogP) is 1.87. The molecule has 1 heterocycles. The molecule has 1 aromatic rings. The van der Waals surface area contributed by atoms with Gasteiger partial charge in [-0.3, -0.25) is 4.79 Å². The summed E-state index contributed by atoms with van der Waals surface area (Å²) in [6, 6.07) is 7.70. The maximum Gasteiger partial charge on any atom is 0.281 e. The maximum absolute atomic E-state index is 12.4. The van der Waals surface area contributed by atoms with Crippen molar-refractivity contribution in [3.05, 3.63) is 24.3 Å². The number of carbonyl (C=O) groups excluding carboxylic acids is 1. The second-order valence-electron chi connectivity index (χ2n) is 5.68. The SMILES string of the molecule is CSc1cccc(NC(=O)C2CCN(S(=O)(=O)N(C)C)CC2)c1. The highest BCUT2D eigenvalue weighted by Crippen LogP contribution is 2.23. The lowest BCUT2D eigenvalue weighted by atomic mass is 9.97. The number of hydrogen-bond donors (Lipinski definition) is 1. The molecule has 0 spiro atoms. The number of anilines is 1. The van der Waals surface area contributed by atoms with Gasteiger partial charge in [0.25, 0.3) is 10.2 Å². The number of piperidine rings is 1. The van der Waals surface area contributed by atoms with Gasteiger partial charge < -0.3 is 5.32 Å². The van der Waals surface area contributed by atoms with Gasteiger partial charge in [-0.2, -0.15) is 17.0 Å². The van der Waals surface area contributed by atoms with Crippen molar-refractivity contribution in [3.8, 4) is 0 Å². The van der Waals surface area contributed by atoms with Crippen molar-refractivity contribution in [2.45, 2.75) is 17.7 Å². The lowest BCUT2D eigenvalue weighted by Crippen LogP contribution is -2.46. The number of benzene rings is 1. The number of nitrogens with zero attached hydrogens (tertiary/aromatic N) is 2. The lowest BCUT2D eigenvalue weighted by molar-refractivity contribution is -0.120. The van der Waals surface area contributed by atoms with Crippen LogP contribution in [0.1, 0.15) is 12.8 Å². The largest absolute Gasteiger partial charge is 0.326 e. The summed E-state index contributed by atoms with van der Waals surface area (Å²) in [6.07, 6.45) is 3.07. The van der Waals surface area contributed by atoms with E-state index in [4.69, 9.17) is 0 Å². The Labute approximate surface area is 142 Å². The molecule has 1 saturated heterocycles. The third-order valence-corrected chi connectivity index (χ3v) is 6.62. The molecule has 128 valence electrons. The molecule has 0 aromatic heterocycles. The van der Waals surface area contributed by atoms with Gasteiger partial charge in [0.1, 0.15) is 0 Å². The number of thioether (sulfide) groups is 1. The third-order valence-electron chi connectivity index (χ3n) is 3.95. The second kappa shape index (κ2) is 7.65.